The van der Waals surface area contributed by atoms with Crippen molar-refractivity contribution >= 4 is 27.3 Å². The van der Waals surface area contributed by atoms with Crippen LogP contribution in [0.2, 0.25) is 0 Å². The van der Waals surface area contributed by atoms with Gasteiger partial charge in [0.25, 0.3) is 5.91 Å². The standard InChI is InChI=1S/C21H20N2O3S/c1-15-17(12-8-14-19(15)23-27(2,25)26)21(24)22-20-13-7-6-11-18(20)16-9-4-3-5-10-16/h3-14,23H,1-2H3,(H,22,24). The highest BCUT2D eigenvalue weighted by molar-refractivity contribution is 7.92. The second kappa shape index (κ2) is 7.63. The number of anilines is 2. The average molecular weight is 380 g/mol. The van der Waals surface area contributed by atoms with Crippen LogP contribution in [-0.4, -0.2) is 20.6 Å². The van der Waals surface area contributed by atoms with E-state index >= 15 is 0 Å². The van der Waals surface area contributed by atoms with Crippen molar-refractivity contribution in [3.63, 3.8) is 0 Å². The van der Waals surface area contributed by atoms with Gasteiger partial charge in [-0.25, -0.2) is 8.42 Å². The summed E-state index contributed by atoms with van der Waals surface area (Å²) in [6.45, 7) is 1.71. The van der Waals surface area contributed by atoms with Gasteiger partial charge in [0.1, 0.15) is 0 Å². The van der Waals surface area contributed by atoms with Gasteiger partial charge in [0, 0.05) is 16.8 Å². The first-order valence-corrected chi connectivity index (χ1v) is 10.3. The Bertz CT molecular complexity index is 1080. The number of hydrogen-bond acceptors (Lipinski definition) is 3. The van der Waals surface area contributed by atoms with E-state index in [1.54, 1.807) is 25.1 Å². The maximum atomic E-state index is 12.8. The molecule has 0 atom stereocenters. The van der Waals surface area contributed by atoms with Gasteiger partial charge in [-0.3, -0.25) is 9.52 Å². The maximum absolute atomic E-state index is 12.8. The molecule has 0 aliphatic heterocycles. The largest absolute Gasteiger partial charge is 0.321 e. The number of para-hydroxylation sites is 1. The number of carbonyl (C=O) groups excluding carboxylic acids is 1. The van der Waals surface area contributed by atoms with Crippen molar-refractivity contribution in [1.29, 1.82) is 0 Å². The molecule has 0 bridgehead atoms. The molecule has 0 fully saturated rings. The molecule has 0 spiro atoms. The van der Waals surface area contributed by atoms with E-state index in [4.69, 9.17) is 0 Å². The van der Waals surface area contributed by atoms with E-state index in [1.807, 2.05) is 54.6 Å². The molecule has 0 unspecified atom stereocenters. The number of sulfonamides is 1. The first-order chi connectivity index (χ1) is 12.8. The highest BCUT2D eigenvalue weighted by Gasteiger charge is 2.15. The van der Waals surface area contributed by atoms with Crippen LogP contribution in [-0.2, 0) is 10.0 Å². The van der Waals surface area contributed by atoms with Gasteiger partial charge in [-0.05, 0) is 36.2 Å². The molecule has 2 N–H and O–H groups in total. The summed E-state index contributed by atoms with van der Waals surface area (Å²) in [5.74, 6) is -0.298. The van der Waals surface area contributed by atoms with Crippen molar-refractivity contribution in [1.82, 2.24) is 0 Å². The molecule has 138 valence electrons. The Morgan fingerprint density at radius 1 is 0.815 bits per heavy atom. The molecule has 0 heterocycles. The lowest BCUT2D eigenvalue weighted by atomic mass is 10.0. The lowest BCUT2D eigenvalue weighted by Gasteiger charge is -2.14. The topological polar surface area (TPSA) is 75.3 Å². The first kappa shape index (κ1) is 18.7. The van der Waals surface area contributed by atoms with Crippen LogP contribution in [0.4, 0.5) is 11.4 Å². The summed E-state index contributed by atoms with van der Waals surface area (Å²) in [7, 11) is -3.43. The summed E-state index contributed by atoms with van der Waals surface area (Å²) >= 11 is 0. The van der Waals surface area contributed by atoms with Crippen molar-refractivity contribution in [2.24, 2.45) is 0 Å². The van der Waals surface area contributed by atoms with Gasteiger partial charge in [0.15, 0.2) is 0 Å². The third-order valence-electron chi connectivity index (χ3n) is 4.13. The van der Waals surface area contributed by atoms with E-state index < -0.39 is 10.0 Å². The van der Waals surface area contributed by atoms with E-state index in [9.17, 15) is 13.2 Å². The monoisotopic (exact) mass is 380 g/mol. The highest BCUT2D eigenvalue weighted by atomic mass is 32.2. The molecule has 5 nitrogen and oxygen atoms in total. The van der Waals surface area contributed by atoms with Gasteiger partial charge < -0.3 is 5.32 Å². The minimum atomic E-state index is -3.43. The van der Waals surface area contributed by atoms with E-state index in [2.05, 4.69) is 10.0 Å². The molecule has 27 heavy (non-hydrogen) atoms. The van der Waals surface area contributed by atoms with E-state index in [0.29, 0.717) is 22.5 Å². The van der Waals surface area contributed by atoms with Crippen LogP contribution in [0, 0.1) is 6.92 Å². The zero-order chi connectivity index (χ0) is 19.4. The SMILES string of the molecule is Cc1c(NS(C)(=O)=O)cccc1C(=O)Nc1ccccc1-c1ccccc1. The summed E-state index contributed by atoms with van der Waals surface area (Å²) in [5.41, 5.74) is 3.97. The van der Waals surface area contributed by atoms with Crippen molar-refractivity contribution in [2.45, 2.75) is 6.92 Å². The summed E-state index contributed by atoms with van der Waals surface area (Å²) in [6, 6.07) is 22.3. The van der Waals surface area contributed by atoms with Crippen LogP contribution >= 0.6 is 0 Å². The molecular formula is C21H20N2O3S. The van der Waals surface area contributed by atoms with Gasteiger partial charge in [-0.2, -0.15) is 0 Å². The zero-order valence-electron chi connectivity index (χ0n) is 15.1. The fourth-order valence-corrected chi connectivity index (χ4v) is 3.46. The van der Waals surface area contributed by atoms with Gasteiger partial charge >= 0.3 is 0 Å². The smallest absolute Gasteiger partial charge is 0.256 e. The number of benzene rings is 3. The Labute approximate surface area is 159 Å². The van der Waals surface area contributed by atoms with Crippen molar-refractivity contribution < 1.29 is 13.2 Å². The number of nitrogens with one attached hydrogen (secondary N) is 2. The highest BCUT2D eigenvalue weighted by Crippen LogP contribution is 2.28. The maximum Gasteiger partial charge on any atom is 0.256 e. The third kappa shape index (κ3) is 4.54. The second-order valence-electron chi connectivity index (χ2n) is 6.22. The third-order valence-corrected chi connectivity index (χ3v) is 4.72. The van der Waals surface area contributed by atoms with Crippen LogP contribution in [0.5, 0.6) is 0 Å². The van der Waals surface area contributed by atoms with Crippen molar-refractivity contribution in [3.8, 4) is 11.1 Å². The Kier molecular flexibility index (Phi) is 5.28. The molecule has 3 aromatic rings. The molecule has 6 heteroatoms. The molecule has 0 aliphatic carbocycles. The first-order valence-electron chi connectivity index (χ1n) is 8.38. The Morgan fingerprint density at radius 2 is 1.44 bits per heavy atom. The van der Waals surface area contributed by atoms with E-state index in [0.717, 1.165) is 17.4 Å². The molecule has 3 aromatic carbocycles. The summed E-state index contributed by atoms with van der Waals surface area (Å²) in [6.07, 6.45) is 1.08. The Balaban J connectivity index is 1.93. The van der Waals surface area contributed by atoms with Gasteiger partial charge in [0.2, 0.25) is 10.0 Å². The number of rotatable bonds is 5. The minimum absolute atomic E-state index is 0.298. The quantitative estimate of drug-likeness (QED) is 0.693. The predicted octanol–water partition coefficient (Wildman–Crippen LogP) is 4.29. The molecular weight excluding hydrogens is 360 g/mol. The van der Waals surface area contributed by atoms with Gasteiger partial charge in [0.05, 0.1) is 11.9 Å². The lowest BCUT2D eigenvalue weighted by molar-refractivity contribution is 0.102. The minimum Gasteiger partial charge on any atom is -0.321 e. The molecule has 0 saturated carbocycles. The van der Waals surface area contributed by atoms with Crippen molar-refractivity contribution in [3.05, 3.63) is 83.9 Å². The zero-order valence-corrected chi connectivity index (χ0v) is 15.9. The Morgan fingerprint density at radius 3 is 2.15 bits per heavy atom. The summed E-state index contributed by atoms with van der Waals surface area (Å²) in [5, 5.41) is 2.94. The van der Waals surface area contributed by atoms with Crippen LogP contribution in [0.25, 0.3) is 11.1 Å². The summed E-state index contributed by atoms with van der Waals surface area (Å²) in [4.78, 5) is 12.8. The van der Waals surface area contributed by atoms with Crippen LogP contribution in [0.1, 0.15) is 15.9 Å². The van der Waals surface area contributed by atoms with Crippen LogP contribution in [0.3, 0.4) is 0 Å². The molecule has 3 rings (SSSR count). The fourth-order valence-electron chi connectivity index (χ4n) is 2.84. The number of carbonyl (C=O) groups is 1. The predicted molar refractivity (Wildman–Crippen MR) is 109 cm³/mol. The molecule has 0 aliphatic rings. The molecule has 0 aromatic heterocycles. The second-order valence-corrected chi connectivity index (χ2v) is 7.97. The molecule has 0 radical (unpaired) electrons. The lowest BCUT2D eigenvalue weighted by Crippen LogP contribution is -2.16. The normalized spacial score (nSPS) is 11.0. The fraction of sp³-hybridized carbons (Fsp3) is 0.0952. The van der Waals surface area contributed by atoms with Crippen molar-refractivity contribution in [2.75, 3.05) is 16.3 Å². The Hall–Kier alpha value is -3.12. The van der Waals surface area contributed by atoms with Crippen LogP contribution in [0.15, 0.2) is 72.8 Å². The number of amides is 1. The van der Waals surface area contributed by atoms with Crippen LogP contribution < -0.4 is 10.0 Å². The van der Waals surface area contributed by atoms with E-state index in [-0.39, 0.29) is 5.91 Å². The van der Waals surface area contributed by atoms with Gasteiger partial charge in [-0.15, -0.1) is 0 Å². The number of hydrogen-bond donors (Lipinski definition) is 2. The molecule has 1 amide bonds. The van der Waals surface area contributed by atoms with E-state index in [1.165, 1.54) is 0 Å². The van der Waals surface area contributed by atoms with Gasteiger partial charge in [-0.1, -0.05) is 54.6 Å². The average Bonchev–Trinajstić information content (AvgIpc) is 2.63. The summed E-state index contributed by atoms with van der Waals surface area (Å²) < 4.78 is 25.5. The molecule has 0 saturated heterocycles.